The van der Waals surface area contributed by atoms with Crippen molar-refractivity contribution in [1.29, 1.82) is 0 Å². The van der Waals surface area contributed by atoms with Crippen molar-refractivity contribution in [1.82, 2.24) is 10.2 Å². The summed E-state index contributed by atoms with van der Waals surface area (Å²) in [4.78, 5) is 6.10. The molecule has 9 heteroatoms. The number of guanidine groups is 1. The van der Waals surface area contributed by atoms with Gasteiger partial charge < -0.3 is 19.7 Å². The number of alkyl halides is 3. The van der Waals surface area contributed by atoms with Gasteiger partial charge in [0, 0.05) is 47.0 Å². The molecular weight excluding hydrogens is 486 g/mol. The molecular formula is C19H29F3IN3O2. The Kier molecular flexibility index (Phi) is 11.1. The molecule has 1 aliphatic heterocycles. The number of halogens is 4. The van der Waals surface area contributed by atoms with E-state index in [9.17, 15) is 13.2 Å². The third kappa shape index (κ3) is 8.52. The fourth-order valence-corrected chi connectivity index (χ4v) is 2.90. The molecule has 5 nitrogen and oxygen atoms in total. The molecule has 1 aromatic carbocycles. The average Bonchev–Trinajstić information content (AvgIpc) is 2.65. The van der Waals surface area contributed by atoms with Gasteiger partial charge in [0.05, 0.1) is 11.7 Å². The number of hydrogen-bond acceptors (Lipinski definition) is 3. The zero-order chi connectivity index (χ0) is 19.7. The van der Waals surface area contributed by atoms with Crippen LogP contribution >= 0.6 is 24.0 Å². The van der Waals surface area contributed by atoms with E-state index in [4.69, 9.17) is 9.47 Å². The van der Waals surface area contributed by atoms with Crippen LogP contribution in [-0.2, 0) is 22.2 Å². The molecule has 0 radical (unpaired) electrons. The summed E-state index contributed by atoms with van der Waals surface area (Å²) in [6.07, 6.45) is -1.27. The summed E-state index contributed by atoms with van der Waals surface area (Å²) < 4.78 is 49.0. The van der Waals surface area contributed by atoms with Crippen molar-refractivity contribution >= 4 is 29.9 Å². The summed E-state index contributed by atoms with van der Waals surface area (Å²) in [6, 6.07) is 5.20. The summed E-state index contributed by atoms with van der Waals surface area (Å²) in [5.74, 6) is 0.695. The highest BCUT2D eigenvalue weighted by Gasteiger charge is 2.29. The first kappa shape index (κ1) is 25.0. The second-order valence-electron chi connectivity index (χ2n) is 6.56. The lowest BCUT2D eigenvalue weighted by Gasteiger charge is -2.24. The molecule has 0 atom stereocenters. The molecule has 28 heavy (non-hydrogen) atoms. The normalized spacial score (nSPS) is 15.8. The minimum atomic E-state index is -4.31. The van der Waals surface area contributed by atoms with Crippen molar-refractivity contribution in [3.63, 3.8) is 0 Å². The summed E-state index contributed by atoms with van der Waals surface area (Å²) in [6.45, 7) is 3.40. The van der Waals surface area contributed by atoms with Crippen LogP contribution in [0.2, 0.25) is 0 Å². The summed E-state index contributed by atoms with van der Waals surface area (Å²) in [7, 11) is 3.54. The molecule has 1 aliphatic rings. The van der Waals surface area contributed by atoms with E-state index in [0.717, 1.165) is 50.2 Å². The molecule has 1 fully saturated rings. The van der Waals surface area contributed by atoms with Gasteiger partial charge in [0.15, 0.2) is 5.96 Å². The van der Waals surface area contributed by atoms with Crippen LogP contribution in [0.3, 0.4) is 0 Å². The fraction of sp³-hybridized carbons (Fsp3) is 0.632. The van der Waals surface area contributed by atoms with E-state index in [1.54, 1.807) is 7.05 Å². The van der Waals surface area contributed by atoms with Gasteiger partial charge in [-0.3, -0.25) is 4.99 Å². The van der Waals surface area contributed by atoms with Gasteiger partial charge in [-0.2, -0.15) is 13.2 Å². The number of rotatable bonds is 7. The van der Waals surface area contributed by atoms with E-state index in [-0.39, 0.29) is 24.0 Å². The first-order valence-corrected chi connectivity index (χ1v) is 9.17. The molecule has 0 aromatic heterocycles. The predicted molar refractivity (Wildman–Crippen MR) is 114 cm³/mol. The summed E-state index contributed by atoms with van der Waals surface area (Å²) in [5, 5.41) is 3.25. The lowest BCUT2D eigenvalue weighted by Crippen LogP contribution is -2.39. The van der Waals surface area contributed by atoms with E-state index >= 15 is 0 Å². The van der Waals surface area contributed by atoms with Gasteiger partial charge in [0.25, 0.3) is 0 Å². The zero-order valence-electron chi connectivity index (χ0n) is 16.3. The van der Waals surface area contributed by atoms with Crippen molar-refractivity contribution in [3.8, 4) is 0 Å². The Balaban J connectivity index is 0.00000392. The Hall–Kier alpha value is -1.07. The summed E-state index contributed by atoms with van der Waals surface area (Å²) in [5.41, 5.74) is 0.150. The molecule has 1 N–H and O–H groups in total. The third-order valence-corrected chi connectivity index (χ3v) is 4.40. The van der Waals surface area contributed by atoms with Crippen LogP contribution in [-0.4, -0.2) is 57.4 Å². The second-order valence-corrected chi connectivity index (χ2v) is 6.56. The molecule has 160 valence electrons. The molecule has 0 unspecified atom stereocenters. The fourth-order valence-electron chi connectivity index (χ4n) is 2.90. The van der Waals surface area contributed by atoms with Gasteiger partial charge >= 0.3 is 6.18 Å². The number of ether oxygens (including phenoxy) is 2. The minimum Gasteiger partial charge on any atom is -0.381 e. The quantitative estimate of drug-likeness (QED) is 0.259. The highest BCUT2D eigenvalue weighted by molar-refractivity contribution is 14.0. The number of nitrogens with one attached hydrogen (secondary N) is 1. The highest BCUT2D eigenvalue weighted by Crippen LogP contribution is 2.29. The lowest BCUT2D eigenvalue weighted by molar-refractivity contribution is -0.137. The van der Waals surface area contributed by atoms with Gasteiger partial charge in [-0.1, -0.05) is 12.1 Å². The van der Waals surface area contributed by atoms with Crippen molar-refractivity contribution in [2.24, 2.45) is 4.99 Å². The maximum Gasteiger partial charge on any atom is 0.416 e. The molecule has 1 saturated heterocycles. The van der Waals surface area contributed by atoms with Gasteiger partial charge in [-0.15, -0.1) is 24.0 Å². The first-order valence-electron chi connectivity index (χ1n) is 9.17. The zero-order valence-corrected chi connectivity index (χ0v) is 18.6. The standard InChI is InChI=1S/C19H28F3N3O2.HI/c1-23-18(24-10-3-11-27-17-8-12-26-13-9-17)25(2)14-15-4-6-16(7-5-15)19(20,21)22;/h4-7,17H,3,8-14H2,1-2H3,(H,23,24);1H. The van der Waals surface area contributed by atoms with E-state index < -0.39 is 11.7 Å². The van der Waals surface area contributed by atoms with Crippen molar-refractivity contribution in [3.05, 3.63) is 35.4 Å². The van der Waals surface area contributed by atoms with Crippen LogP contribution in [0.5, 0.6) is 0 Å². The molecule has 2 rings (SSSR count). The first-order chi connectivity index (χ1) is 12.9. The van der Waals surface area contributed by atoms with E-state index in [1.807, 2.05) is 11.9 Å². The van der Waals surface area contributed by atoms with Crippen molar-refractivity contribution in [2.75, 3.05) is 40.5 Å². The van der Waals surface area contributed by atoms with Crippen LogP contribution in [0.15, 0.2) is 29.3 Å². The topological polar surface area (TPSA) is 46.1 Å². The van der Waals surface area contributed by atoms with Crippen LogP contribution < -0.4 is 5.32 Å². The van der Waals surface area contributed by atoms with E-state index in [1.165, 1.54) is 12.1 Å². The number of aliphatic imine (C=N–C) groups is 1. The van der Waals surface area contributed by atoms with Crippen LogP contribution in [0, 0.1) is 0 Å². The monoisotopic (exact) mass is 515 g/mol. The van der Waals surface area contributed by atoms with Gasteiger partial charge in [0.2, 0.25) is 0 Å². The molecule has 0 saturated carbocycles. The largest absolute Gasteiger partial charge is 0.416 e. The molecule has 0 aliphatic carbocycles. The molecule has 1 heterocycles. The number of hydrogen-bond donors (Lipinski definition) is 1. The highest BCUT2D eigenvalue weighted by atomic mass is 127. The molecule has 0 amide bonds. The van der Waals surface area contributed by atoms with E-state index in [0.29, 0.717) is 31.8 Å². The smallest absolute Gasteiger partial charge is 0.381 e. The Morgan fingerprint density at radius 1 is 1.25 bits per heavy atom. The van der Waals surface area contributed by atoms with E-state index in [2.05, 4.69) is 10.3 Å². The Labute approximate surface area is 181 Å². The molecule has 0 spiro atoms. The minimum absolute atomic E-state index is 0. The predicted octanol–water partition coefficient (Wildman–Crippen LogP) is 3.92. The Bertz CT molecular complexity index is 591. The maximum atomic E-state index is 12.6. The SMILES string of the molecule is CN=C(NCCCOC1CCOCC1)N(C)Cc1ccc(C(F)(F)F)cc1.I. The number of nitrogens with zero attached hydrogens (tertiary/aromatic N) is 2. The van der Waals surface area contributed by atoms with Gasteiger partial charge in [-0.05, 0) is 37.0 Å². The van der Waals surface area contributed by atoms with Crippen molar-refractivity contribution < 1.29 is 22.6 Å². The maximum absolute atomic E-state index is 12.6. The Morgan fingerprint density at radius 2 is 1.89 bits per heavy atom. The summed E-state index contributed by atoms with van der Waals surface area (Å²) >= 11 is 0. The third-order valence-electron chi connectivity index (χ3n) is 4.40. The lowest BCUT2D eigenvalue weighted by atomic mass is 10.1. The van der Waals surface area contributed by atoms with Crippen LogP contribution in [0.1, 0.15) is 30.4 Å². The molecule has 1 aromatic rings. The van der Waals surface area contributed by atoms with Crippen LogP contribution in [0.4, 0.5) is 13.2 Å². The van der Waals surface area contributed by atoms with Gasteiger partial charge in [0.1, 0.15) is 0 Å². The van der Waals surface area contributed by atoms with Crippen molar-refractivity contribution in [2.45, 2.75) is 38.1 Å². The van der Waals surface area contributed by atoms with Gasteiger partial charge in [-0.25, -0.2) is 0 Å². The molecule has 0 bridgehead atoms. The second kappa shape index (κ2) is 12.5. The average molecular weight is 515 g/mol. The Morgan fingerprint density at radius 3 is 2.46 bits per heavy atom. The number of benzene rings is 1. The van der Waals surface area contributed by atoms with Crippen LogP contribution in [0.25, 0.3) is 0 Å².